The fourth-order valence-electron chi connectivity index (χ4n) is 1.18. The van der Waals surface area contributed by atoms with Crippen LogP contribution < -0.4 is 4.74 Å². The van der Waals surface area contributed by atoms with Crippen molar-refractivity contribution < 1.29 is 4.74 Å². The Hall–Kier alpha value is -1.05. The summed E-state index contributed by atoms with van der Waals surface area (Å²) in [6.45, 7) is 4.29. The van der Waals surface area contributed by atoms with Crippen LogP contribution in [-0.2, 0) is 0 Å². The molecule has 0 atom stereocenters. The van der Waals surface area contributed by atoms with E-state index in [0.717, 1.165) is 11.4 Å². The second kappa shape index (κ2) is 3.36. The first kappa shape index (κ1) is 8.54. The highest BCUT2D eigenvalue weighted by atomic mass is 16.5. The van der Waals surface area contributed by atoms with Gasteiger partial charge in [-0.15, -0.1) is 0 Å². The molecule has 0 N–H and O–H groups in total. The van der Waals surface area contributed by atoms with E-state index in [1.807, 2.05) is 18.3 Å². The molecule has 2 rings (SSSR count). The molecule has 2 heteroatoms. The monoisotopic (exact) mass is 177 g/mol. The third-order valence-corrected chi connectivity index (χ3v) is 2.18. The van der Waals surface area contributed by atoms with Crippen molar-refractivity contribution in [1.29, 1.82) is 0 Å². The summed E-state index contributed by atoms with van der Waals surface area (Å²) >= 11 is 0. The van der Waals surface area contributed by atoms with Crippen LogP contribution in [0.15, 0.2) is 18.3 Å². The average Bonchev–Trinajstić information content (AvgIpc) is 2.89. The van der Waals surface area contributed by atoms with Gasteiger partial charge in [-0.3, -0.25) is 4.98 Å². The zero-order valence-corrected chi connectivity index (χ0v) is 8.16. The zero-order chi connectivity index (χ0) is 9.26. The number of nitrogens with zero attached hydrogens (tertiary/aromatic N) is 1. The Morgan fingerprint density at radius 3 is 2.62 bits per heavy atom. The summed E-state index contributed by atoms with van der Waals surface area (Å²) in [5.41, 5.74) is 1.13. The molecular formula is C11H15NO. The van der Waals surface area contributed by atoms with Crippen LogP contribution in [-0.4, -0.2) is 11.1 Å². The van der Waals surface area contributed by atoms with E-state index in [-0.39, 0.29) is 0 Å². The molecule has 2 nitrogen and oxygen atoms in total. The first-order valence-corrected chi connectivity index (χ1v) is 4.88. The quantitative estimate of drug-likeness (QED) is 0.708. The van der Waals surface area contributed by atoms with E-state index in [2.05, 4.69) is 18.8 Å². The van der Waals surface area contributed by atoms with E-state index >= 15 is 0 Å². The lowest BCUT2D eigenvalue weighted by Crippen LogP contribution is -1.98. The van der Waals surface area contributed by atoms with E-state index in [9.17, 15) is 0 Å². The average molecular weight is 177 g/mol. The summed E-state index contributed by atoms with van der Waals surface area (Å²) in [7, 11) is 0. The fourth-order valence-corrected chi connectivity index (χ4v) is 1.18. The van der Waals surface area contributed by atoms with Gasteiger partial charge in [-0.05, 0) is 30.9 Å². The molecule has 1 aromatic heterocycles. The first-order valence-electron chi connectivity index (χ1n) is 4.88. The molecule has 1 aliphatic rings. The number of hydrogen-bond donors (Lipinski definition) is 0. The molecule has 70 valence electrons. The highest BCUT2D eigenvalue weighted by Gasteiger charge is 2.23. The van der Waals surface area contributed by atoms with Gasteiger partial charge in [-0.25, -0.2) is 0 Å². The maximum Gasteiger partial charge on any atom is 0.138 e. The van der Waals surface area contributed by atoms with Crippen molar-refractivity contribution in [2.75, 3.05) is 0 Å². The van der Waals surface area contributed by atoms with Gasteiger partial charge in [0.1, 0.15) is 5.75 Å². The van der Waals surface area contributed by atoms with Gasteiger partial charge in [0.15, 0.2) is 0 Å². The molecule has 1 fully saturated rings. The van der Waals surface area contributed by atoms with Crippen LogP contribution in [0.1, 0.15) is 38.3 Å². The topological polar surface area (TPSA) is 22.1 Å². The molecule has 0 aromatic carbocycles. The zero-order valence-electron chi connectivity index (χ0n) is 8.16. The second-order valence-corrected chi connectivity index (χ2v) is 3.89. The van der Waals surface area contributed by atoms with Crippen LogP contribution in [0.3, 0.4) is 0 Å². The minimum atomic E-state index is 0.465. The number of ether oxygens (including phenoxy) is 1. The molecule has 1 aliphatic carbocycles. The highest BCUT2D eigenvalue weighted by molar-refractivity contribution is 5.21. The molecule has 0 saturated heterocycles. The standard InChI is InChI=1S/C11H15NO/c1-8(2)11-6-5-10(7-12-11)13-9-3-4-9/h5-9H,3-4H2,1-2H3. The van der Waals surface area contributed by atoms with Crippen molar-refractivity contribution >= 4 is 0 Å². The third kappa shape index (κ3) is 2.20. The van der Waals surface area contributed by atoms with E-state index in [0.29, 0.717) is 12.0 Å². The molecule has 1 saturated carbocycles. The Kier molecular flexibility index (Phi) is 2.21. The summed E-state index contributed by atoms with van der Waals surface area (Å²) in [5, 5.41) is 0. The summed E-state index contributed by atoms with van der Waals surface area (Å²) in [6.07, 6.45) is 4.69. The van der Waals surface area contributed by atoms with Crippen molar-refractivity contribution in [2.24, 2.45) is 0 Å². The molecule has 0 spiro atoms. The molecule has 13 heavy (non-hydrogen) atoms. The largest absolute Gasteiger partial charge is 0.489 e. The van der Waals surface area contributed by atoms with Gasteiger partial charge >= 0.3 is 0 Å². The van der Waals surface area contributed by atoms with Crippen LogP contribution >= 0.6 is 0 Å². The van der Waals surface area contributed by atoms with Crippen LogP contribution in [0.25, 0.3) is 0 Å². The molecule has 0 aliphatic heterocycles. The Morgan fingerprint density at radius 1 is 1.38 bits per heavy atom. The first-order chi connectivity index (χ1) is 6.25. The van der Waals surface area contributed by atoms with Gasteiger partial charge in [0.05, 0.1) is 12.3 Å². The van der Waals surface area contributed by atoms with Crippen LogP contribution in [0.4, 0.5) is 0 Å². The molecule has 0 bridgehead atoms. The predicted molar refractivity (Wildman–Crippen MR) is 52.0 cm³/mol. The van der Waals surface area contributed by atoms with Gasteiger partial charge in [0.25, 0.3) is 0 Å². The van der Waals surface area contributed by atoms with Crippen molar-refractivity contribution in [3.8, 4) is 5.75 Å². The maximum atomic E-state index is 5.60. The number of pyridine rings is 1. The summed E-state index contributed by atoms with van der Waals surface area (Å²) in [6, 6.07) is 4.06. The third-order valence-electron chi connectivity index (χ3n) is 2.18. The lowest BCUT2D eigenvalue weighted by atomic mass is 10.1. The Balaban J connectivity index is 2.04. The Labute approximate surface area is 78.9 Å². The summed E-state index contributed by atoms with van der Waals surface area (Å²) in [4.78, 5) is 4.33. The van der Waals surface area contributed by atoms with Crippen molar-refractivity contribution in [1.82, 2.24) is 4.98 Å². The number of hydrogen-bond acceptors (Lipinski definition) is 2. The maximum absolute atomic E-state index is 5.60. The molecule has 0 radical (unpaired) electrons. The van der Waals surface area contributed by atoms with Gasteiger partial charge in [-0.2, -0.15) is 0 Å². The van der Waals surface area contributed by atoms with Crippen molar-refractivity contribution in [3.05, 3.63) is 24.0 Å². The second-order valence-electron chi connectivity index (χ2n) is 3.89. The van der Waals surface area contributed by atoms with E-state index in [1.165, 1.54) is 12.8 Å². The highest BCUT2D eigenvalue weighted by Crippen LogP contribution is 2.26. The lowest BCUT2D eigenvalue weighted by Gasteiger charge is -2.06. The van der Waals surface area contributed by atoms with E-state index in [1.54, 1.807) is 0 Å². The van der Waals surface area contributed by atoms with E-state index in [4.69, 9.17) is 4.74 Å². The minimum absolute atomic E-state index is 0.465. The van der Waals surface area contributed by atoms with Gasteiger partial charge in [0, 0.05) is 5.69 Å². The van der Waals surface area contributed by atoms with Crippen LogP contribution in [0.5, 0.6) is 5.75 Å². The van der Waals surface area contributed by atoms with Gasteiger partial charge in [-0.1, -0.05) is 13.8 Å². The SMILES string of the molecule is CC(C)c1ccc(OC2CC2)cn1. The van der Waals surface area contributed by atoms with E-state index < -0.39 is 0 Å². The lowest BCUT2D eigenvalue weighted by molar-refractivity contribution is 0.302. The van der Waals surface area contributed by atoms with Gasteiger partial charge < -0.3 is 4.74 Å². The Morgan fingerprint density at radius 2 is 2.15 bits per heavy atom. The van der Waals surface area contributed by atoms with Crippen molar-refractivity contribution in [3.63, 3.8) is 0 Å². The number of aromatic nitrogens is 1. The molecule has 1 heterocycles. The fraction of sp³-hybridized carbons (Fsp3) is 0.545. The predicted octanol–water partition coefficient (Wildman–Crippen LogP) is 2.75. The van der Waals surface area contributed by atoms with Crippen molar-refractivity contribution in [2.45, 2.75) is 38.7 Å². The normalized spacial score (nSPS) is 16.2. The summed E-state index contributed by atoms with van der Waals surface area (Å²) in [5.74, 6) is 1.40. The summed E-state index contributed by atoms with van der Waals surface area (Å²) < 4.78 is 5.60. The van der Waals surface area contributed by atoms with Crippen LogP contribution in [0.2, 0.25) is 0 Å². The smallest absolute Gasteiger partial charge is 0.138 e. The molecule has 0 amide bonds. The van der Waals surface area contributed by atoms with Gasteiger partial charge in [0.2, 0.25) is 0 Å². The molecule has 1 aromatic rings. The molecular weight excluding hydrogens is 162 g/mol. The minimum Gasteiger partial charge on any atom is -0.489 e. The Bertz CT molecular complexity index is 275. The van der Waals surface area contributed by atoms with Crippen LogP contribution in [0, 0.1) is 0 Å². The number of rotatable bonds is 3. The molecule has 0 unspecified atom stereocenters.